The van der Waals surface area contributed by atoms with Crippen LogP contribution in [0.25, 0.3) is 0 Å². The van der Waals surface area contributed by atoms with Crippen molar-refractivity contribution >= 4 is 40.7 Å². The molecule has 0 saturated carbocycles. The second-order valence-electron chi connectivity index (χ2n) is 5.58. The molecular formula is C15H18Cl2N2O3. The number of nitrogens with one attached hydrogen (secondary N) is 1. The molecular weight excluding hydrogens is 327 g/mol. The Kier molecular flexibility index (Phi) is 5.32. The largest absolute Gasteiger partial charge is 0.393 e. The molecule has 0 radical (unpaired) electrons. The molecule has 5 nitrogen and oxygen atoms in total. The van der Waals surface area contributed by atoms with Crippen LogP contribution in [-0.2, 0) is 9.59 Å². The molecule has 1 aromatic carbocycles. The summed E-state index contributed by atoms with van der Waals surface area (Å²) in [5.41, 5.74) is 1.09. The molecule has 0 aromatic heterocycles. The van der Waals surface area contributed by atoms with Crippen molar-refractivity contribution in [3.63, 3.8) is 0 Å². The van der Waals surface area contributed by atoms with Crippen LogP contribution in [0.2, 0.25) is 10.0 Å². The van der Waals surface area contributed by atoms with Crippen LogP contribution in [0.4, 0.5) is 5.69 Å². The van der Waals surface area contributed by atoms with Crippen molar-refractivity contribution < 1.29 is 14.7 Å². The number of carbonyl (C=O) groups excluding carboxylic acids is 2. The van der Waals surface area contributed by atoms with E-state index in [1.54, 1.807) is 19.9 Å². The number of amides is 2. The summed E-state index contributed by atoms with van der Waals surface area (Å²) in [5.74, 6) is -1.38. The summed E-state index contributed by atoms with van der Waals surface area (Å²) in [5, 5.41) is 12.8. The van der Waals surface area contributed by atoms with Gasteiger partial charge in [0.2, 0.25) is 0 Å². The lowest BCUT2D eigenvalue weighted by atomic mass is 10.0. The third-order valence-corrected chi connectivity index (χ3v) is 4.60. The summed E-state index contributed by atoms with van der Waals surface area (Å²) >= 11 is 12.0. The van der Waals surface area contributed by atoms with E-state index in [1.165, 1.54) is 11.0 Å². The van der Waals surface area contributed by atoms with Crippen molar-refractivity contribution in [3.05, 3.63) is 27.7 Å². The lowest BCUT2D eigenvalue weighted by Gasteiger charge is -2.17. The molecule has 0 bridgehead atoms. The van der Waals surface area contributed by atoms with Crippen molar-refractivity contribution in [2.45, 2.75) is 26.4 Å². The van der Waals surface area contributed by atoms with E-state index in [2.05, 4.69) is 5.32 Å². The van der Waals surface area contributed by atoms with Gasteiger partial charge in [0.05, 0.1) is 16.8 Å². The van der Waals surface area contributed by atoms with Crippen LogP contribution in [0, 0.1) is 12.8 Å². The van der Waals surface area contributed by atoms with E-state index >= 15 is 0 Å². The molecule has 2 rings (SSSR count). The third kappa shape index (κ3) is 3.72. The Morgan fingerprint density at radius 3 is 2.64 bits per heavy atom. The summed E-state index contributed by atoms with van der Waals surface area (Å²) in [7, 11) is 0. The first-order valence-electron chi connectivity index (χ1n) is 7.03. The second-order valence-corrected chi connectivity index (χ2v) is 6.39. The van der Waals surface area contributed by atoms with Crippen molar-refractivity contribution in [1.29, 1.82) is 0 Å². The number of nitrogens with zero attached hydrogens (tertiary/aromatic N) is 1. The fourth-order valence-electron chi connectivity index (χ4n) is 2.43. The van der Waals surface area contributed by atoms with Gasteiger partial charge in [0.25, 0.3) is 0 Å². The zero-order chi connectivity index (χ0) is 16.4. The summed E-state index contributed by atoms with van der Waals surface area (Å²) in [6, 6.07) is 3.15. The van der Waals surface area contributed by atoms with Crippen LogP contribution in [0.1, 0.15) is 18.9 Å². The first-order valence-corrected chi connectivity index (χ1v) is 7.79. The minimum atomic E-state index is -0.756. The summed E-state index contributed by atoms with van der Waals surface area (Å²) in [6.07, 6.45) is 0.194. The van der Waals surface area contributed by atoms with Crippen LogP contribution in [-0.4, -0.2) is 41.0 Å². The Hall–Kier alpha value is -1.30. The van der Waals surface area contributed by atoms with Crippen molar-refractivity contribution in [2.75, 3.05) is 18.4 Å². The number of aliphatic hydroxyl groups excluding tert-OH is 1. The van der Waals surface area contributed by atoms with Crippen LogP contribution in [0.15, 0.2) is 12.1 Å². The highest BCUT2D eigenvalue weighted by molar-refractivity contribution is 6.42. The van der Waals surface area contributed by atoms with Gasteiger partial charge in [-0.1, -0.05) is 23.2 Å². The molecule has 7 heteroatoms. The summed E-state index contributed by atoms with van der Waals surface area (Å²) < 4.78 is 0. The third-order valence-electron chi connectivity index (χ3n) is 3.88. The van der Waals surface area contributed by atoms with E-state index in [-0.39, 0.29) is 5.92 Å². The fourth-order valence-corrected chi connectivity index (χ4v) is 2.86. The quantitative estimate of drug-likeness (QED) is 0.809. The monoisotopic (exact) mass is 344 g/mol. The van der Waals surface area contributed by atoms with Gasteiger partial charge in [-0.3, -0.25) is 9.59 Å². The zero-order valence-electron chi connectivity index (χ0n) is 12.4. The predicted molar refractivity (Wildman–Crippen MR) is 86.2 cm³/mol. The maximum atomic E-state index is 12.1. The molecule has 0 spiro atoms. The SMILES string of the molecule is Cc1cc(Cl)c(NC(=O)C(=O)N2CCC(C(C)O)C2)cc1Cl. The normalized spacial score (nSPS) is 19.1. The molecule has 2 atom stereocenters. The highest BCUT2D eigenvalue weighted by Gasteiger charge is 2.32. The van der Waals surface area contributed by atoms with E-state index in [0.29, 0.717) is 35.2 Å². The number of hydrogen-bond acceptors (Lipinski definition) is 3. The number of likely N-dealkylation sites (tertiary alicyclic amines) is 1. The first kappa shape index (κ1) is 17.1. The molecule has 1 fully saturated rings. The molecule has 2 amide bonds. The average molecular weight is 345 g/mol. The smallest absolute Gasteiger partial charge is 0.313 e. The first-order chi connectivity index (χ1) is 10.3. The number of carbonyl (C=O) groups is 2. The van der Waals surface area contributed by atoms with Crippen LogP contribution in [0.3, 0.4) is 0 Å². The highest BCUT2D eigenvalue weighted by Crippen LogP contribution is 2.29. The van der Waals surface area contributed by atoms with Crippen LogP contribution >= 0.6 is 23.2 Å². The van der Waals surface area contributed by atoms with Gasteiger partial charge >= 0.3 is 11.8 Å². The van der Waals surface area contributed by atoms with Crippen LogP contribution < -0.4 is 5.32 Å². The predicted octanol–water partition coefficient (Wildman–Crippen LogP) is 2.47. The number of aliphatic hydroxyl groups is 1. The van der Waals surface area contributed by atoms with Gasteiger partial charge in [-0.25, -0.2) is 0 Å². The van der Waals surface area contributed by atoms with Gasteiger partial charge in [0.1, 0.15) is 0 Å². The molecule has 1 aliphatic heterocycles. The Labute approximate surface area is 139 Å². The van der Waals surface area contributed by atoms with E-state index in [9.17, 15) is 14.7 Å². The van der Waals surface area contributed by atoms with Gasteiger partial charge in [-0.2, -0.15) is 0 Å². The second kappa shape index (κ2) is 6.86. The molecule has 22 heavy (non-hydrogen) atoms. The minimum absolute atomic E-state index is 0.00848. The molecule has 2 unspecified atom stereocenters. The molecule has 1 aliphatic rings. The maximum absolute atomic E-state index is 12.1. The summed E-state index contributed by atoms with van der Waals surface area (Å²) in [4.78, 5) is 25.6. The Bertz CT molecular complexity index is 605. The van der Waals surface area contributed by atoms with E-state index in [1.807, 2.05) is 0 Å². The standard InChI is InChI=1S/C15H18Cl2N2O3/c1-8-5-12(17)13(6-11(8)16)18-14(21)15(22)19-4-3-10(7-19)9(2)20/h5-6,9-10,20H,3-4,7H2,1-2H3,(H,18,21). The zero-order valence-corrected chi connectivity index (χ0v) is 13.9. The van der Waals surface area contributed by atoms with E-state index < -0.39 is 17.9 Å². The minimum Gasteiger partial charge on any atom is -0.393 e. The number of hydrogen-bond donors (Lipinski definition) is 2. The molecule has 1 aromatic rings. The number of halogens is 2. The van der Waals surface area contributed by atoms with Crippen molar-refractivity contribution in [1.82, 2.24) is 4.90 Å². The lowest BCUT2D eigenvalue weighted by molar-refractivity contribution is -0.142. The Balaban J connectivity index is 2.04. The average Bonchev–Trinajstić information content (AvgIpc) is 2.93. The Morgan fingerprint density at radius 2 is 2.05 bits per heavy atom. The van der Waals surface area contributed by atoms with Crippen molar-refractivity contribution in [2.24, 2.45) is 5.92 Å². The number of aryl methyl sites for hydroxylation is 1. The fraction of sp³-hybridized carbons (Fsp3) is 0.467. The number of anilines is 1. The van der Waals surface area contributed by atoms with E-state index in [0.717, 1.165) is 5.56 Å². The summed E-state index contributed by atoms with van der Waals surface area (Å²) in [6.45, 7) is 4.33. The lowest BCUT2D eigenvalue weighted by Crippen LogP contribution is -2.38. The molecule has 2 N–H and O–H groups in total. The maximum Gasteiger partial charge on any atom is 0.313 e. The molecule has 0 aliphatic carbocycles. The van der Waals surface area contributed by atoms with Gasteiger partial charge in [-0.05, 0) is 38.0 Å². The van der Waals surface area contributed by atoms with Gasteiger partial charge < -0.3 is 15.3 Å². The van der Waals surface area contributed by atoms with Crippen LogP contribution in [0.5, 0.6) is 0 Å². The molecule has 1 saturated heterocycles. The highest BCUT2D eigenvalue weighted by atomic mass is 35.5. The van der Waals surface area contributed by atoms with Crippen molar-refractivity contribution in [3.8, 4) is 0 Å². The molecule has 120 valence electrons. The van der Waals surface area contributed by atoms with Gasteiger partial charge in [-0.15, -0.1) is 0 Å². The van der Waals surface area contributed by atoms with Gasteiger partial charge in [0, 0.05) is 24.0 Å². The van der Waals surface area contributed by atoms with Gasteiger partial charge in [0.15, 0.2) is 0 Å². The number of benzene rings is 1. The Morgan fingerprint density at radius 1 is 1.36 bits per heavy atom. The topological polar surface area (TPSA) is 69.6 Å². The molecule has 1 heterocycles. The van der Waals surface area contributed by atoms with E-state index in [4.69, 9.17) is 23.2 Å². The number of rotatable bonds is 2.